The van der Waals surface area contributed by atoms with Gasteiger partial charge in [-0.15, -0.1) is 0 Å². The quantitative estimate of drug-likeness (QED) is 0.761. The largest absolute Gasteiger partial charge is 0.393 e. The van der Waals surface area contributed by atoms with Gasteiger partial charge in [0.15, 0.2) is 6.29 Å². The third-order valence-electron chi connectivity index (χ3n) is 6.53. The third kappa shape index (κ3) is 3.46. The number of aliphatic hydroxyl groups excluding tert-OH is 1. The lowest BCUT2D eigenvalue weighted by molar-refractivity contribution is -0.181. The van der Waals surface area contributed by atoms with Gasteiger partial charge in [-0.3, -0.25) is 0 Å². The Morgan fingerprint density at radius 2 is 1.81 bits per heavy atom. The highest BCUT2D eigenvalue weighted by Crippen LogP contribution is 2.56. The Bertz CT molecular complexity index is 324. The zero-order valence-electron chi connectivity index (χ0n) is 13.7. The van der Waals surface area contributed by atoms with Gasteiger partial charge in [-0.05, 0) is 68.1 Å². The topological polar surface area (TPSA) is 38.7 Å². The van der Waals surface area contributed by atoms with Crippen molar-refractivity contribution in [2.45, 2.75) is 71.2 Å². The van der Waals surface area contributed by atoms with Crippen molar-refractivity contribution in [2.75, 3.05) is 13.2 Å². The van der Waals surface area contributed by atoms with E-state index in [0.29, 0.717) is 5.92 Å². The number of hydrogen-bond acceptors (Lipinski definition) is 3. The van der Waals surface area contributed by atoms with Gasteiger partial charge in [-0.1, -0.05) is 20.3 Å². The second kappa shape index (κ2) is 6.97. The maximum Gasteiger partial charge on any atom is 0.157 e. The zero-order chi connectivity index (χ0) is 14.8. The Hall–Kier alpha value is -0.120. The first kappa shape index (κ1) is 15.8. The maximum atomic E-state index is 10.5. The Morgan fingerprint density at radius 1 is 1.05 bits per heavy atom. The van der Waals surface area contributed by atoms with Crippen LogP contribution in [-0.2, 0) is 9.47 Å². The first-order valence-corrected chi connectivity index (χ1v) is 9.08. The Kier molecular flexibility index (Phi) is 5.23. The average Bonchev–Trinajstić information content (AvgIpc) is 3.05. The van der Waals surface area contributed by atoms with E-state index < -0.39 is 0 Å². The summed E-state index contributed by atoms with van der Waals surface area (Å²) in [6.07, 6.45) is 7.74. The van der Waals surface area contributed by atoms with Crippen LogP contribution in [0.2, 0.25) is 0 Å². The van der Waals surface area contributed by atoms with E-state index in [1.165, 1.54) is 12.8 Å². The van der Waals surface area contributed by atoms with E-state index in [9.17, 15) is 5.11 Å². The van der Waals surface area contributed by atoms with Crippen molar-refractivity contribution in [2.24, 2.45) is 29.6 Å². The van der Waals surface area contributed by atoms with Crippen LogP contribution in [0.1, 0.15) is 58.8 Å². The predicted octanol–water partition coefficient (Wildman–Crippen LogP) is 3.60. The molecule has 1 N–H and O–H groups in total. The highest BCUT2D eigenvalue weighted by atomic mass is 16.7. The van der Waals surface area contributed by atoms with Crippen molar-refractivity contribution in [3.63, 3.8) is 0 Å². The SMILES string of the molecule is CC1C2CC(C(O)CCCCC3OCCCO3)C(C2)C1C. The van der Waals surface area contributed by atoms with Crippen LogP contribution in [0.3, 0.4) is 0 Å². The summed E-state index contributed by atoms with van der Waals surface area (Å²) in [5.41, 5.74) is 0. The molecule has 2 bridgehead atoms. The summed E-state index contributed by atoms with van der Waals surface area (Å²) < 4.78 is 11.1. The molecule has 3 heteroatoms. The highest BCUT2D eigenvalue weighted by molar-refractivity contribution is 4.99. The van der Waals surface area contributed by atoms with Crippen molar-refractivity contribution in [3.8, 4) is 0 Å². The molecule has 2 aliphatic carbocycles. The summed E-state index contributed by atoms with van der Waals surface area (Å²) in [6.45, 7) is 6.48. The molecule has 0 aromatic heterocycles. The van der Waals surface area contributed by atoms with Crippen LogP contribution in [0.25, 0.3) is 0 Å². The summed E-state index contributed by atoms with van der Waals surface area (Å²) in [6, 6.07) is 0. The average molecular weight is 296 g/mol. The van der Waals surface area contributed by atoms with Gasteiger partial charge in [0.1, 0.15) is 0 Å². The molecule has 0 radical (unpaired) electrons. The van der Waals surface area contributed by atoms with Crippen LogP contribution in [-0.4, -0.2) is 30.7 Å². The van der Waals surface area contributed by atoms with E-state index in [1.807, 2.05) is 0 Å². The highest BCUT2D eigenvalue weighted by Gasteiger charge is 2.50. The number of rotatable bonds is 6. The minimum Gasteiger partial charge on any atom is -0.393 e. The molecule has 0 amide bonds. The fourth-order valence-corrected chi connectivity index (χ4v) is 5.02. The Labute approximate surface area is 129 Å². The van der Waals surface area contributed by atoms with E-state index in [2.05, 4.69) is 13.8 Å². The predicted molar refractivity (Wildman–Crippen MR) is 82.8 cm³/mol. The summed E-state index contributed by atoms with van der Waals surface area (Å²) in [5.74, 6) is 3.92. The molecule has 0 aromatic rings. The van der Waals surface area contributed by atoms with Crippen molar-refractivity contribution in [3.05, 3.63) is 0 Å². The first-order valence-electron chi connectivity index (χ1n) is 9.08. The molecule has 6 atom stereocenters. The van der Waals surface area contributed by atoms with Crippen molar-refractivity contribution < 1.29 is 14.6 Å². The fraction of sp³-hybridized carbons (Fsp3) is 1.00. The molecule has 0 spiro atoms. The van der Waals surface area contributed by atoms with Crippen LogP contribution >= 0.6 is 0 Å². The smallest absolute Gasteiger partial charge is 0.157 e. The van der Waals surface area contributed by atoms with Gasteiger partial charge >= 0.3 is 0 Å². The molecule has 6 unspecified atom stereocenters. The van der Waals surface area contributed by atoms with Gasteiger partial charge in [0.25, 0.3) is 0 Å². The van der Waals surface area contributed by atoms with Crippen LogP contribution in [0.5, 0.6) is 0 Å². The molecule has 1 aliphatic heterocycles. The second-order valence-corrected chi connectivity index (χ2v) is 7.65. The standard InChI is InChI=1S/C18H32O3/c1-12-13(2)15-10-14(12)11-16(15)17(19)6-3-4-7-18-20-8-5-9-21-18/h12-19H,3-11H2,1-2H3. The normalized spacial score (nSPS) is 41.6. The molecule has 2 saturated carbocycles. The number of fused-ring (bicyclic) bond motifs is 2. The number of aliphatic hydroxyl groups is 1. The molecule has 0 aromatic carbocycles. The van der Waals surface area contributed by atoms with Gasteiger partial charge in [0, 0.05) is 0 Å². The summed E-state index contributed by atoms with van der Waals surface area (Å²) in [7, 11) is 0. The minimum atomic E-state index is -0.0804. The van der Waals surface area contributed by atoms with E-state index in [4.69, 9.17) is 9.47 Å². The number of ether oxygens (including phenoxy) is 2. The van der Waals surface area contributed by atoms with E-state index in [0.717, 1.165) is 69.0 Å². The van der Waals surface area contributed by atoms with Crippen molar-refractivity contribution in [1.82, 2.24) is 0 Å². The Morgan fingerprint density at radius 3 is 2.48 bits per heavy atom. The van der Waals surface area contributed by atoms with Gasteiger partial charge in [-0.2, -0.15) is 0 Å². The lowest BCUT2D eigenvalue weighted by atomic mass is 9.73. The van der Waals surface area contributed by atoms with Crippen LogP contribution in [0.4, 0.5) is 0 Å². The maximum absolute atomic E-state index is 10.5. The molecule has 3 aliphatic rings. The molecular weight excluding hydrogens is 264 g/mol. The van der Waals surface area contributed by atoms with Crippen LogP contribution < -0.4 is 0 Å². The summed E-state index contributed by atoms with van der Waals surface area (Å²) >= 11 is 0. The molecule has 3 nitrogen and oxygen atoms in total. The molecule has 3 fully saturated rings. The summed E-state index contributed by atoms with van der Waals surface area (Å²) in [5, 5.41) is 10.5. The molecule has 3 rings (SSSR count). The lowest BCUT2D eigenvalue weighted by Gasteiger charge is -2.34. The first-order chi connectivity index (χ1) is 10.2. The molecule has 1 heterocycles. The van der Waals surface area contributed by atoms with Crippen molar-refractivity contribution in [1.29, 1.82) is 0 Å². The fourth-order valence-electron chi connectivity index (χ4n) is 5.02. The summed E-state index contributed by atoms with van der Waals surface area (Å²) in [4.78, 5) is 0. The zero-order valence-corrected chi connectivity index (χ0v) is 13.7. The second-order valence-electron chi connectivity index (χ2n) is 7.65. The molecule has 122 valence electrons. The van der Waals surface area contributed by atoms with Gasteiger partial charge in [0.2, 0.25) is 0 Å². The monoisotopic (exact) mass is 296 g/mol. The molecule has 21 heavy (non-hydrogen) atoms. The minimum absolute atomic E-state index is 0.0132. The number of unbranched alkanes of at least 4 members (excludes halogenated alkanes) is 1. The van der Waals surface area contributed by atoms with E-state index in [1.54, 1.807) is 0 Å². The third-order valence-corrected chi connectivity index (χ3v) is 6.53. The van der Waals surface area contributed by atoms with E-state index in [-0.39, 0.29) is 12.4 Å². The van der Waals surface area contributed by atoms with Crippen molar-refractivity contribution >= 4 is 0 Å². The molecule has 1 saturated heterocycles. The Balaban J connectivity index is 1.34. The lowest BCUT2D eigenvalue weighted by Crippen LogP contribution is -2.32. The van der Waals surface area contributed by atoms with Crippen LogP contribution in [0, 0.1) is 29.6 Å². The van der Waals surface area contributed by atoms with Crippen LogP contribution in [0.15, 0.2) is 0 Å². The van der Waals surface area contributed by atoms with E-state index >= 15 is 0 Å². The van der Waals surface area contributed by atoms with Gasteiger partial charge in [-0.25, -0.2) is 0 Å². The molecular formula is C18H32O3. The van der Waals surface area contributed by atoms with Gasteiger partial charge < -0.3 is 14.6 Å². The van der Waals surface area contributed by atoms with Gasteiger partial charge in [0.05, 0.1) is 19.3 Å². The number of hydrogen-bond donors (Lipinski definition) is 1.